The van der Waals surface area contributed by atoms with Crippen LogP contribution in [0.4, 0.5) is 0 Å². The van der Waals surface area contributed by atoms with Gasteiger partial charge in [0.1, 0.15) is 0 Å². The van der Waals surface area contributed by atoms with Crippen molar-refractivity contribution in [2.75, 3.05) is 0 Å². The lowest BCUT2D eigenvalue weighted by Gasteiger charge is -2.59. The standard InChI is InChI=1S/C19H28O3/c1-18-8-7-12(20)9-11(18)3-4-13-14-5-6-16(22)19(14,2)10-15(21)17(13)18/h9,13-17,21-22H,3-8,10H2,1-2H3/t13-,14-,15-,16-,17+,18-,19-/m0/s1. The summed E-state index contributed by atoms with van der Waals surface area (Å²) < 4.78 is 0. The maximum Gasteiger partial charge on any atom is 0.155 e. The van der Waals surface area contributed by atoms with Crippen LogP contribution in [0.3, 0.4) is 0 Å². The molecule has 122 valence electrons. The zero-order valence-electron chi connectivity index (χ0n) is 13.7. The summed E-state index contributed by atoms with van der Waals surface area (Å²) in [5, 5.41) is 21.4. The Labute approximate surface area is 132 Å². The van der Waals surface area contributed by atoms with Gasteiger partial charge in [0.2, 0.25) is 0 Å². The summed E-state index contributed by atoms with van der Waals surface area (Å²) in [7, 11) is 0. The third-order valence-electron chi connectivity index (χ3n) is 7.84. The van der Waals surface area contributed by atoms with E-state index < -0.39 is 0 Å². The van der Waals surface area contributed by atoms with Crippen LogP contribution in [0.1, 0.15) is 58.8 Å². The molecule has 0 radical (unpaired) electrons. The van der Waals surface area contributed by atoms with Crippen LogP contribution in [0, 0.1) is 28.6 Å². The van der Waals surface area contributed by atoms with Crippen molar-refractivity contribution in [1.29, 1.82) is 0 Å². The molecule has 0 saturated heterocycles. The van der Waals surface area contributed by atoms with Gasteiger partial charge in [-0.25, -0.2) is 0 Å². The Bertz CT molecular complexity index is 539. The summed E-state index contributed by atoms with van der Waals surface area (Å²) in [4.78, 5) is 11.8. The van der Waals surface area contributed by atoms with Crippen LogP contribution in [0.2, 0.25) is 0 Å². The van der Waals surface area contributed by atoms with E-state index in [9.17, 15) is 15.0 Å². The zero-order valence-corrected chi connectivity index (χ0v) is 13.7. The first kappa shape index (κ1) is 14.9. The predicted octanol–water partition coefficient (Wildman–Crippen LogP) is 2.85. The van der Waals surface area contributed by atoms with E-state index in [1.54, 1.807) is 0 Å². The molecule has 3 heteroatoms. The summed E-state index contributed by atoms with van der Waals surface area (Å²) >= 11 is 0. The molecule has 4 rings (SSSR count). The highest BCUT2D eigenvalue weighted by Crippen LogP contribution is 2.65. The van der Waals surface area contributed by atoms with Crippen LogP contribution in [0.5, 0.6) is 0 Å². The largest absolute Gasteiger partial charge is 0.393 e. The van der Waals surface area contributed by atoms with E-state index in [0.717, 1.165) is 38.5 Å². The number of carbonyl (C=O) groups is 1. The summed E-state index contributed by atoms with van der Waals surface area (Å²) in [5.74, 6) is 1.56. The van der Waals surface area contributed by atoms with Crippen molar-refractivity contribution in [3.05, 3.63) is 11.6 Å². The fourth-order valence-corrected chi connectivity index (χ4v) is 6.66. The Kier molecular flexibility index (Phi) is 3.16. The highest BCUT2D eigenvalue weighted by molar-refractivity contribution is 5.91. The molecule has 2 N–H and O–H groups in total. The van der Waals surface area contributed by atoms with Crippen molar-refractivity contribution in [1.82, 2.24) is 0 Å². The second kappa shape index (κ2) is 4.67. The molecule has 4 aliphatic carbocycles. The van der Waals surface area contributed by atoms with Crippen LogP contribution in [-0.4, -0.2) is 28.2 Å². The van der Waals surface area contributed by atoms with E-state index in [1.807, 2.05) is 6.08 Å². The van der Waals surface area contributed by atoms with Crippen LogP contribution in [0.25, 0.3) is 0 Å². The summed E-state index contributed by atoms with van der Waals surface area (Å²) in [6.07, 6.45) is 7.56. The number of hydrogen-bond acceptors (Lipinski definition) is 3. The number of allylic oxidation sites excluding steroid dienone is 1. The number of carbonyl (C=O) groups excluding carboxylic acids is 1. The van der Waals surface area contributed by atoms with Crippen LogP contribution in [0.15, 0.2) is 11.6 Å². The van der Waals surface area contributed by atoms with E-state index in [-0.39, 0.29) is 34.7 Å². The van der Waals surface area contributed by atoms with Gasteiger partial charge in [0.05, 0.1) is 12.2 Å². The molecule has 0 aliphatic heterocycles. The number of rotatable bonds is 0. The molecule has 22 heavy (non-hydrogen) atoms. The topological polar surface area (TPSA) is 57.5 Å². The van der Waals surface area contributed by atoms with E-state index in [2.05, 4.69) is 13.8 Å². The molecular formula is C19H28O3. The Morgan fingerprint density at radius 1 is 1.14 bits per heavy atom. The molecular weight excluding hydrogens is 276 g/mol. The molecule has 0 amide bonds. The number of aliphatic hydroxyl groups is 2. The second-order valence-corrected chi connectivity index (χ2v) is 8.76. The van der Waals surface area contributed by atoms with Crippen molar-refractivity contribution < 1.29 is 15.0 Å². The molecule has 4 aliphatic rings. The highest BCUT2D eigenvalue weighted by Gasteiger charge is 2.61. The molecule has 0 unspecified atom stereocenters. The zero-order chi connectivity index (χ0) is 15.7. The van der Waals surface area contributed by atoms with Gasteiger partial charge in [0.15, 0.2) is 5.78 Å². The monoisotopic (exact) mass is 304 g/mol. The fourth-order valence-electron chi connectivity index (χ4n) is 6.66. The van der Waals surface area contributed by atoms with Crippen molar-refractivity contribution in [2.24, 2.45) is 28.6 Å². The molecule has 3 saturated carbocycles. The average Bonchev–Trinajstić information content (AvgIpc) is 2.75. The maximum absolute atomic E-state index is 11.8. The van der Waals surface area contributed by atoms with Gasteiger partial charge < -0.3 is 10.2 Å². The van der Waals surface area contributed by atoms with E-state index in [0.29, 0.717) is 18.3 Å². The highest BCUT2D eigenvalue weighted by atomic mass is 16.3. The second-order valence-electron chi connectivity index (χ2n) is 8.76. The van der Waals surface area contributed by atoms with Crippen LogP contribution >= 0.6 is 0 Å². The Morgan fingerprint density at radius 3 is 2.68 bits per heavy atom. The lowest BCUT2D eigenvalue weighted by molar-refractivity contribution is -0.142. The summed E-state index contributed by atoms with van der Waals surface area (Å²) in [6.45, 7) is 4.46. The van der Waals surface area contributed by atoms with Crippen molar-refractivity contribution >= 4 is 5.78 Å². The van der Waals surface area contributed by atoms with Gasteiger partial charge in [0.25, 0.3) is 0 Å². The van der Waals surface area contributed by atoms with E-state index in [4.69, 9.17) is 0 Å². The molecule has 0 aromatic rings. The average molecular weight is 304 g/mol. The molecule has 0 aromatic carbocycles. The first-order valence-corrected chi connectivity index (χ1v) is 8.96. The van der Waals surface area contributed by atoms with Gasteiger partial charge >= 0.3 is 0 Å². The first-order chi connectivity index (χ1) is 10.4. The molecule has 3 nitrogen and oxygen atoms in total. The van der Waals surface area contributed by atoms with Crippen molar-refractivity contribution in [2.45, 2.75) is 71.0 Å². The van der Waals surface area contributed by atoms with E-state index >= 15 is 0 Å². The SMILES string of the molecule is C[C@]12C[C@H](O)[C@H]3[C@@H](CCC4=CC(=O)CC[C@@]43C)[C@@H]1CC[C@@H]2O. The summed E-state index contributed by atoms with van der Waals surface area (Å²) in [6, 6.07) is 0. The Morgan fingerprint density at radius 2 is 1.91 bits per heavy atom. The van der Waals surface area contributed by atoms with Gasteiger partial charge in [-0.15, -0.1) is 0 Å². The third-order valence-corrected chi connectivity index (χ3v) is 7.84. The fraction of sp³-hybridized carbons (Fsp3) is 0.842. The quantitative estimate of drug-likeness (QED) is 0.723. The molecule has 3 fully saturated rings. The lowest BCUT2D eigenvalue weighted by atomic mass is 9.46. The summed E-state index contributed by atoms with van der Waals surface area (Å²) in [5.41, 5.74) is 1.17. The van der Waals surface area contributed by atoms with E-state index in [1.165, 1.54) is 5.57 Å². The molecule has 0 aromatic heterocycles. The minimum Gasteiger partial charge on any atom is -0.393 e. The smallest absolute Gasteiger partial charge is 0.155 e. The first-order valence-electron chi connectivity index (χ1n) is 8.96. The van der Waals surface area contributed by atoms with Gasteiger partial charge in [-0.3, -0.25) is 4.79 Å². The number of ketones is 1. The van der Waals surface area contributed by atoms with Crippen LogP contribution in [-0.2, 0) is 4.79 Å². The number of hydrogen-bond donors (Lipinski definition) is 2. The normalized spacial score (nSPS) is 54.3. The molecule has 0 spiro atoms. The van der Waals surface area contributed by atoms with Gasteiger partial charge in [-0.05, 0) is 73.2 Å². The molecule has 7 atom stereocenters. The predicted molar refractivity (Wildman–Crippen MR) is 84.1 cm³/mol. The minimum absolute atomic E-state index is 0.00881. The van der Waals surface area contributed by atoms with Crippen LogP contribution < -0.4 is 0 Å². The third kappa shape index (κ3) is 1.78. The minimum atomic E-state index is -0.346. The lowest BCUT2D eigenvalue weighted by Crippen LogP contribution is -2.57. The molecule has 0 bridgehead atoms. The van der Waals surface area contributed by atoms with Crippen molar-refractivity contribution in [3.63, 3.8) is 0 Å². The van der Waals surface area contributed by atoms with Gasteiger partial charge in [-0.2, -0.15) is 0 Å². The van der Waals surface area contributed by atoms with Gasteiger partial charge in [-0.1, -0.05) is 19.4 Å². The number of fused-ring (bicyclic) bond motifs is 5. The van der Waals surface area contributed by atoms with Crippen molar-refractivity contribution in [3.8, 4) is 0 Å². The van der Waals surface area contributed by atoms with Gasteiger partial charge in [0, 0.05) is 6.42 Å². The Hall–Kier alpha value is -0.670. The Balaban J connectivity index is 1.74. The molecule has 0 heterocycles. The maximum atomic E-state index is 11.8. The number of aliphatic hydroxyl groups excluding tert-OH is 2.